The number of esters is 1. The van der Waals surface area contributed by atoms with Gasteiger partial charge >= 0.3 is 5.97 Å². The zero-order valence-electron chi connectivity index (χ0n) is 15.5. The number of nitrogens with zero attached hydrogens (tertiary/aromatic N) is 1. The Morgan fingerprint density at radius 2 is 2.00 bits per heavy atom. The first-order valence-electron chi connectivity index (χ1n) is 8.74. The molecule has 6 nitrogen and oxygen atoms in total. The first kappa shape index (κ1) is 20.8. The van der Waals surface area contributed by atoms with Gasteiger partial charge in [-0.25, -0.2) is 4.79 Å². The summed E-state index contributed by atoms with van der Waals surface area (Å²) >= 11 is 8.16. The van der Waals surface area contributed by atoms with E-state index in [9.17, 15) is 4.79 Å². The van der Waals surface area contributed by atoms with Gasteiger partial charge in [-0.3, -0.25) is 5.43 Å². The number of nitrogens with two attached hydrogens (primary N) is 1. The number of halogens is 1. The van der Waals surface area contributed by atoms with Crippen molar-refractivity contribution in [3.8, 4) is 11.5 Å². The van der Waals surface area contributed by atoms with Crippen LogP contribution in [0.25, 0.3) is 10.8 Å². The van der Waals surface area contributed by atoms with Crippen LogP contribution in [0.3, 0.4) is 0 Å². The van der Waals surface area contributed by atoms with Crippen LogP contribution in [0.4, 0.5) is 0 Å². The number of carbonyl (C=O) groups excluding carboxylic acids is 1. The summed E-state index contributed by atoms with van der Waals surface area (Å²) in [5, 5.41) is 5.77. The van der Waals surface area contributed by atoms with Gasteiger partial charge in [-0.2, -0.15) is 5.10 Å². The molecule has 0 aliphatic rings. The SMILES string of the molecule is CCOc1cc(/C=N\NC(N)=S)cc(Br)c1OC(=O)c1cccc2ccccc12. The minimum Gasteiger partial charge on any atom is -0.490 e. The van der Waals surface area contributed by atoms with Crippen LogP contribution >= 0.6 is 28.1 Å². The van der Waals surface area contributed by atoms with E-state index in [4.69, 9.17) is 27.4 Å². The summed E-state index contributed by atoms with van der Waals surface area (Å²) < 4.78 is 11.9. The fraction of sp³-hybridized carbons (Fsp3) is 0.0952. The Morgan fingerprint density at radius 3 is 2.76 bits per heavy atom. The van der Waals surface area contributed by atoms with E-state index >= 15 is 0 Å². The van der Waals surface area contributed by atoms with Gasteiger partial charge in [-0.15, -0.1) is 0 Å². The summed E-state index contributed by atoms with van der Waals surface area (Å²) in [5.41, 5.74) is 9.02. The largest absolute Gasteiger partial charge is 0.490 e. The van der Waals surface area contributed by atoms with E-state index in [2.05, 4.69) is 26.5 Å². The number of ether oxygens (including phenoxy) is 2. The molecular weight excluding hydrogens is 454 g/mol. The van der Waals surface area contributed by atoms with Crippen molar-refractivity contribution in [2.75, 3.05) is 6.61 Å². The van der Waals surface area contributed by atoms with E-state index in [1.807, 2.05) is 43.3 Å². The van der Waals surface area contributed by atoms with E-state index in [0.717, 1.165) is 10.8 Å². The monoisotopic (exact) mass is 471 g/mol. The molecule has 0 bridgehead atoms. The van der Waals surface area contributed by atoms with Crippen molar-refractivity contribution in [2.45, 2.75) is 6.92 Å². The minimum atomic E-state index is -0.472. The van der Waals surface area contributed by atoms with Crippen molar-refractivity contribution in [2.24, 2.45) is 10.8 Å². The molecule has 0 radical (unpaired) electrons. The lowest BCUT2D eigenvalue weighted by Gasteiger charge is -2.14. The summed E-state index contributed by atoms with van der Waals surface area (Å²) in [7, 11) is 0. The highest BCUT2D eigenvalue weighted by molar-refractivity contribution is 9.10. The molecule has 3 rings (SSSR count). The number of benzene rings is 3. The zero-order valence-corrected chi connectivity index (χ0v) is 17.9. The van der Waals surface area contributed by atoms with Crippen LogP contribution in [-0.4, -0.2) is 23.9 Å². The van der Waals surface area contributed by atoms with Gasteiger partial charge in [-0.1, -0.05) is 36.4 Å². The Morgan fingerprint density at radius 1 is 1.24 bits per heavy atom. The van der Waals surface area contributed by atoms with Crippen LogP contribution in [0.5, 0.6) is 11.5 Å². The molecule has 148 valence electrons. The highest BCUT2D eigenvalue weighted by atomic mass is 79.9. The molecule has 0 unspecified atom stereocenters. The molecule has 0 fully saturated rings. The number of nitrogens with one attached hydrogen (secondary N) is 1. The molecule has 3 aromatic rings. The van der Waals surface area contributed by atoms with Gasteiger partial charge in [0.05, 0.1) is 22.9 Å². The number of carbonyl (C=O) groups is 1. The lowest BCUT2D eigenvalue weighted by Crippen LogP contribution is -2.24. The van der Waals surface area contributed by atoms with Crippen molar-refractivity contribution in [3.63, 3.8) is 0 Å². The van der Waals surface area contributed by atoms with E-state index in [-0.39, 0.29) is 5.11 Å². The third kappa shape index (κ3) is 5.10. The third-order valence-electron chi connectivity index (χ3n) is 3.92. The highest BCUT2D eigenvalue weighted by Gasteiger charge is 2.18. The van der Waals surface area contributed by atoms with Gasteiger partial charge in [-0.05, 0) is 69.6 Å². The van der Waals surface area contributed by atoms with Crippen LogP contribution in [0.2, 0.25) is 0 Å². The second-order valence-corrected chi connectivity index (χ2v) is 7.21. The van der Waals surface area contributed by atoms with Crippen LogP contribution in [0.1, 0.15) is 22.8 Å². The molecule has 3 N–H and O–H groups in total. The normalized spacial score (nSPS) is 10.8. The summed E-state index contributed by atoms with van der Waals surface area (Å²) in [6.07, 6.45) is 1.53. The van der Waals surface area contributed by atoms with E-state index in [1.165, 1.54) is 6.21 Å². The molecule has 29 heavy (non-hydrogen) atoms. The third-order valence-corrected chi connectivity index (χ3v) is 4.60. The fourth-order valence-corrected chi connectivity index (χ4v) is 3.34. The van der Waals surface area contributed by atoms with Crippen molar-refractivity contribution >= 4 is 56.2 Å². The van der Waals surface area contributed by atoms with Crippen LogP contribution in [0.15, 0.2) is 64.2 Å². The predicted octanol–water partition coefficient (Wildman–Crippen LogP) is 4.39. The number of fused-ring (bicyclic) bond motifs is 1. The van der Waals surface area contributed by atoms with Crippen molar-refractivity contribution in [1.82, 2.24) is 5.43 Å². The predicted molar refractivity (Wildman–Crippen MR) is 122 cm³/mol. The minimum absolute atomic E-state index is 0.0611. The number of hydrogen-bond donors (Lipinski definition) is 2. The number of thiocarbonyl (C=S) groups is 1. The van der Waals surface area contributed by atoms with Gasteiger partial charge in [0, 0.05) is 0 Å². The second kappa shape index (κ2) is 9.49. The maximum atomic E-state index is 12.9. The first-order chi connectivity index (χ1) is 14.0. The number of hydrogen-bond acceptors (Lipinski definition) is 5. The Balaban J connectivity index is 1.94. The standard InChI is InChI=1S/C21H18BrN3O3S/c1-2-27-18-11-13(12-24-25-21(23)29)10-17(22)19(18)28-20(26)16-9-5-7-14-6-3-4-8-15(14)16/h3-12H,2H2,1H3,(H3,23,25,29)/b24-12-. The average Bonchev–Trinajstić information content (AvgIpc) is 2.70. The smallest absolute Gasteiger partial charge is 0.344 e. The van der Waals surface area contributed by atoms with Crippen molar-refractivity contribution in [3.05, 3.63) is 70.2 Å². The molecule has 0 saturated heterocycles. The van der Waals surface area contributed by atoms with Gasteiger partial charge in [0.15, 0.2) is 16.6 Å². The van der Waals surface area contributed by atoms with Gasteiger partial charge in [0.25, 0.3) is 0 Å². The van der Waals surface area contributed by atoms with E-state index in [0.29, 0.717) is 33.7 Å². The zero-order chi connectivity index (χ0) is 20.8. The maximum Gasteiger partial charge on any atom is 0.344 e. The molecule has 8 heteroatoms. The van der Waals surface area contributed by atoms with Crippen LogP contribution < -0.4 is 20.6 Å². The topological polar surface area (TPSA) is 85.9 Å². The lowest BCUT2D eigenvalue weighted by atomic mass is 10.0. The number of rotatable bonds is 6. The Labute approximate surface area is 181 Å². The van der Waals surface area contributed by atoms with E-state index < -0.39 is 5.97 Å². The maximum absolute atomic E-state index is 12.9. The van der Waals surface area contributed by atoms with E-state index in [1.54, 1.807) is 18.2 Å². The second-order valence-electron chi connectivity index (χ2n) is 5.91. The summed E-state index contributed by atoms with van der Waals surface area (Å²) in [4.78, 5) is 12.9. The number of hydrazone groups is 1. The fourth-order valence-electron chi connectivity index (χ4n) is 2.75. The first-order valence-corrected chi connectivity index (χ1v) is 9.94. The highest BCUT2D eigenvalue weighted by Crippen LogP contribution is 2.37. The molecular formula is C21H18BrN3O3S. The molecule has 0 aromatic heterocycles. The molecule has 0 aliphatic carbocycles. The van der Waals surface area contributed by atoms with Gasteiger partial charge in [0.1, 0.15) is 0 Å². The van der Waals surface area contributed by atoms with Crippen molar-refractivity contribution in [1.29, 1.82) is 0 Å². The summed E-state index contributed by atoms with van der Waals surface area (Å²) in [6.45, 7) is 2.25. The summed E-state index contributed by atoms with van der Waals surface area (Å²) in [6, 6.07) is 16.6. The molecule has 0 amide bonds. The van der Waals surface area contributed by atoms with Crippen molar-refractivity contribution < 1.29 is 14.3 Å². The average molecular weight is 472 g/mol. The molecule has 0 aliphatic heterocycles. The van der Waals surface area contributed by atoms with Gasteiger partial charge in [0.2, 0.25) is 0 Å². The molecule has 0 spiro atoms. The van der Waals surface area contributed by atoms with Gasteiger partial charge < -0.3 is 15.2 Å². The molecule has 0 atom stereocenters. The molecule has 0 saturated carbocycles. The summed E-state index contributed by atoms with van der Waals surface area (Å²) in [5.74, 6) is 0.233. The quantitative estimate of drug-likeness (QED) is 0.182. The van der Waals surface area contributed by atoms with Crippen LogP contribution in [-0.2, 0) is 0 Å². The van der Waals surface area contributed by atoms with Crippen LogP contribution in [0, 0.1) is 0 Å². The molecule has 3 aromatic carbocycles. The molecule has 0 heterocycles. The Bertz CT molecular complexity index is 1100. The lowest BCUT2D eigenvalue weighted by molar-refractivity contribution is 0.0729. The Hall–Kier alpha value is -2.97. The Kier molecular flexibility index (Phi) is 6.79.